The zero-order chi connectivity index (χ0) is 15.5. The molecule has 0 spiro atoms. The number of rotatable bonds is 4. The highest BCUT2D eigenvalue weighted by Gasteiger charge is 2.29. The molecule has 0 aliphatic heterocycles. The predicted molar refractivity (Wildman–Crippen MR) is 77.9 cm³/mol. The summed E-state index contributed by atoms with van der Waals surface area (Å²) in [4.78, 5) is 0. The molecule has 0 radical (unpaired) electrons. The fourth-order valence-electron chi connectivity index (χ4n) is 2.06. The maximum atomic E-state index is 12.5. The van der Waals surface area contributed by atoms with E-state index < -0.39 is 11.7 Å². The number of benzene rings is 2. The van der Waals surface area contributed by atoms with E-state index in [1.165, 1.54) is 17.7 Å². The van der Waals surface area contributed by atoms with E-state index >= 15 is 0 Å². The normalized spacial score (nSPS) is 13.2. The smallest absolute Gasteiger partial charge is 0.306 e. The van der Waals surface area contributed by atoms with E-state index in [-0.39, 0.29) is 6.04 Å². The quantitative estimate of drug-likeness (QED) is 0.848. The molecule has 0 bridgehead atoms. The Hall–Kier alpha value is -1.81. The zero-order valence-electron chi connectivity index (χ0n) is 12.0. The zero-order valence-corrected chi connectivity index (χ0v) is 12.0. The van der Waals surface area contributed by atoms with Gasteiger partial charge >= 0.3 is 6.18 Å². The summed E-state index contributed by atoms with van der Waals surface area (Å²) in [5.41, 5.74) is 2.58. The molecule has 0 aliphatic carbocycles. The van der Waals surface area contributed by atoms with Crippen LogP contribution in [0, 0.1) is 6.92 Å². The van der Waals surface area contributed by atoms with Crippen molar-refractivity contribution in [3.63, 3.8) is 0 Å². The third kappa shape index (κ3) is 4.33. The predicted octanol–water partition coefficient (Wildman–Crippen LogP) is 4.86. The summed E-state index contributed by atoms with van der Waals surface area (Å²) in [5.74, 6) is 0. The Labute approximate surface area is 122 Å². The van der Waals surface area contributed by atoms with Gasteiger partial charge in [-0.05, 0) is 37.1 Å². The van der Waals surface area contributed by atoms with Gasteiger partial charge < -0.3 is 5.32 Å². The number of hydrogen-bond acceptors (Lipinski definition) is 1. The summed E-state index contributed by atoms with van der Waals surface area (Å²) in [5, 5.41) is 3.31. The van der Waals surface area contributed by atoms with E-state index in [0.29, 0.717) is 6.54 Å². The largest absolute Gasteiger partial charge is 0.416 e. The van der Waals surface area contributed by atoms with Crippen LogP contribution in [-0.2, 0) is 12.7 Å². The van der Waals surface area contributed by atoms with E-state index in [4.69, 9.17) is 0 Å². The number of aryl methyl sites for hydroxylation is 1. The van der Waals surface area contributed by atoms with Gasteiger partial charge in [-0.2, -0.15) is 13.2 Å². The van der Waals surface area contributed by atoms with Gasteiger partial charge in [0.1, 0.15) is 0 Å². The van der Waals surface area contributed by atoms with Gasteiger partial charge in [0.25, 0.3) is 0 Å². The van der Waals surface area contributed by atoms with Gasteiger partial charge in [-0.3, -0.25) is 0 Å². The molecule has 0 saturated carbocycles. The summed E-state index contributed by atoms with van der Waals surface area (Å²) in [7, 11) is 0. The maximum absolute atomic E-state index is 12.5. The molecule has 4 heteroatoms. The minimum Gasteiger partial charge on any atom is -0.306 e. The molecule has 0 amide bonds. The molecule has 0 fully saturated rings. The van der Waals surface area contributed by atoms with Crippen molar-refractivity contribution in [2.75, 3.05) is 0 Å². The van der Waals surface area contributed by atoms with Gasteiger partial charge in [-0.25, -0.2) is 0 Å². The highest BCUT2D eigenvalue weighted by molar-refractivity contribution is 5.26. The molecule has 0 saturated heterocycles. The molecular formula is C17H18F3N. The lowest BCUT2D eigenvalue weighted by molar-refractivity contribution is -0.137. The van der Waals surface area contributed by atoms with E-state index in [1.54, 1.807) is 0 Å². The molecule has 2 rings (SSSR count). The number of nitrogens with one attached hydrogen (secondary N) is 1. The van der Waals surface area contributed by atoms with Gasteiger partial charge in [0.15, 0.2) is 0 Å². The average molecular weight is 293 g/mol. The van der Waals surface area contributed by atoms with Crippen LogP contribution in [-0.4, -0.2) is 0 Å². The standard InChI is InChI=1S/C17H18F3N/c1-12-3-7-15(8-4-12)13(2)21-11-14-5-9-16(10-6-14)17(18,19)20/h3-10,13,21H,11H2,1-2H3/t13-/m0/s1. The molecule has 112 valence electrons. The SMILES string of the molecule is Cc1ccc([C@H](C)NCc2ccc(C(F)(F)F)cc2)cc1. The molecule has 2 aromatic carbocycles. The van der Waals surface area contributed by atoms with E-state index in [9.17, 15) is 13.2 Å². The highest BCUT2D eigenvalue weighted by Crippen LogP contribution is 2.29. The molecule has 0 unspecified atom stereocenters. The van der Waals surface area contributed by atoms with Gasteiger partial charge in [0, 0.05) is 12.6 Å². The minimum absolute atomic E-state index is 0.146. The Morgan fingerprint density at radius 2 is 1.52 bits per heavy atom. The lowest BCUT2D eigenvalue weighted by Gasteiger charge is -2.15. The van der Waals surface area contributed by atoms with Crippen molar-refractivity contribution in [1.29, 1.82) is 0 Å². The van der Waals surface area contributed by atoms with Crippen molar-refractivity contribution in [1.82, 2.24) is 5.32 Å². The molecule has 1 nitrogen and oxygen atoms in total. The maximum Gasteiger partial charge on any atom is 0.416 e. The van der Waals surface area contributed by atoms with Gasteiger partial charge in [-0.1, -0.05) is 42.0 Å². The van der Waals surface area contributed by atoms with Crippen LogP contribution in [0.25, 0.3) is 0 Å². The fourth-order valence-corrected chi connectivity index (χ4v) is 2.06. The Balaban J connectivity index is 1.95. The van der Waals surface area contributed by atoms with E-state index in [2.05, 4.69) is 17.4 Å². The van der Waals surface area contributed by atoms with Crippen molar-refractivity contribution < 1.29 is 13.2 Å². The minimum atomic E-state index is -4.28. The Bertz CT molecular complexity index is 570. The molecule has 0 aromatic heterocycles. The van der Waals surface area contributed by atoms with Crippen molar-refractivity contribution in [3.8, 4) is 0 Å². The van der Waals surface area contributed by atoms with Crippen LogP contribution in [0.1, 0.15) is 35.2 Å². The first-order chi connectivity index (χ1) is 9.86. The second-order valence-corrected chi connectivity index (χ2v) is 5.21. The lowest BCUT2D eigenvalue weighted by Crippen LogP contribution is -2.18. The van der Waals surface area contributed by atoms with Crippen molar-refractivity contribution in [2.24, 2.45) is 0 Å². The highest BCUT2D eigenvalue weighted by atomic mass is 19.4. The molecule has 21 heavy (non-hydrogen) atoms. The molecule has 1 N–H and O–H groups in total. The molecular weight excluding hydrogens is 275 g/mol. The summed E-state index contributed by atoms with van der Waals surface area (Å²) < 4.78 is 37.4. The first-order valence-electron chi connectivity index (χ1n) is 6.82. The fraction of sp³-hybridized carbons (Fsp3) is 0.294. The van der Waals surface area contributed by atoms with Gasteiger partial charge in [-0.15, -0.1) is 0 Å². The van der Waals surface area contributed by atoms with Crippen LogP contribution in [0.15, 0.2) is 48.5 Å². The van der Waals surface area contributed by atoms with Crippen LogP contribution in [0.5, 0.6) is 0 Å². The van der Waals surface area contributed by atoms with E-state index in [1.807, 2.05) is 26.0 Å². The summed E-state index contributed by atoms with van der Waals surface area (Å²) in [6.45, 7) is 4.60. The van der Waals surface area contributed by atoms with Crippen LogP contribution in [0.2, 0.25) is 0 Å². The van der Waals surface area contributed by atoms with Gasteiger partial charge in [0.05, 0.1) is 5.56 Å². The van der Waals surface area contributed by atoms with Crippen LogP contribution in [0.4, 0.5) is 13.2 Å². The molecule has 0 aliphatic rings. The van der Waals surface area contributed by atoms with Gasteiger partial charge in [0.2, 0.25) is 0 Å². The summed E-state index contributed by atoms with van der Waals surface area (Å²) in [6, 6.07) is 13.6. The van der Waals surface area contributed by atoms with Crippen molar-refractivity contribution in [3.05, 3.63) is 70.8 Å². The van der Waals surface area contributed by atoms with Crippen LogP contribution >= 0.6 is 0 Å². The Morgan fingerprint density at radius 1 is 0.952 bits per heavy atom. The first-order valence-corrected chi connectivity index (χ1v) is 6.82. The first kappa shape index (κ1) is 15.6. The summed E-state index contributed by atoms with van der Waals surface area (Å²) >= 11 is 0. The second kappa shape index (κ2) is 6.31. The monoisotopic (exact) mass is 293 g/mol. The Kier molecular flexibility index (Phi) is 4.68. The molecule has 0 heterocycles. The topological polar surface area (TPSA) is 12.0 Å². The van der Waals surface area contributed by atoms with Crippen LogP contribution < -0.4 is 5.32 Å². The molecule has 2 aromatic rings. The number of hydrogen-bond donors (Lipinski definition) is 1. The number of alkyl halides is 3. The third-order valence-corrected chi connectivity index (χ3v) is 3.47. The summed E-state index contributed by atoms with van der Waals surface area (Å²) in [6.07, 6.45) is -4.28. The Morgan fingerprint density at radius 3 is 2.05 bits per heavy atom. The molecule has 1 atom stereocenters. The second-order valence-electron chi connectivity index (χ2n) is 5.21. The van der Waals surface area contributed by atoms with Crippen molar-refractivity contribution in [2.45, 2.75) is 32.6 Å². The average Bonchev–Trinajstić information content (AvgIpc) is 2.45. The lowest BCUT2D eigenvalue weighted by atomic mass is 10.1. The van der Waals surface area contributed by atoms with E-state index in [0.717, 1.165) is 23.3 Å². The van der Waals surface area contributed by atoms with Crippen molar-refractivity contribution >= 4 is 0 Å². The third-order valence-electron chi connectivity index (χ3n) is 3.47. The van der Waals surface area contributed by atoms with Crippen LogP contribution in [0.3, 0.4) is 0 Å². The number of halogens is 3.